The van der Waals surface area contributed by atoms with Gasteiger partial charge in [-0.15, -0.1) is 0 Å². The predicted molar refractivity (Wildman–Crippen MR) is 83.4 cm³/mol. The molecule has 1 atom stereocenters. The lowest BCUT2D eigenvalue weighted by Gasteiger charge is -2.35. The molecule has 1 aliphatic heterocycles. The zero-order valence-electron chi connectivity index (χ0n) is 12.6. The second-order valence-corrected chi connectivity index (χ2v) is 6.74. The summed E-state index contributed by atoms with van der Waals surface area (Å²) in [7, 11) is 2.14. The molecule has 0 aromatic rings. The van der Waals surface area contributed by atoms with Crippen molar-refractivity contribution in [2.75, 3.05) is 46.4 Å². The van der Waals surface area contributed by atoms with Crippen LogP contribution in [0, 0.1) is 0 Å². The van der Waals surface area contributed by atoms with Crippen molar-refractivity contribution in [3.05, 3.63) is 0 Å². The summed E-state index contributed by atoms with van der Waals surface area (Å²) in [5.74, 6) is 0. The lowest BCUT2D eigenvalue weighted by molar-refractivity contribution is 0.129. The van der Waals surface area contributed by atoms with Gasteiger partial charge in [-0.2, -0.15) is 0 Å². The van der Waals surface area contributed by atoms with Crippen LogP contribution in [0.25, 0.3) is 0 Å². The summed E-state index contributed by atoms with van der Waals surface area (Å²) in [5.41, 5.74) is -0.0576. The Balaban J connectivity index is 2.35. The molecular weight excluding hydrogens is 260 g/mol. The first-order valence-corrected chi connectivity index (χ1v) is 7.31. The van der Waals surface area contributed by atoms with Crippen molar-refractivity contribution in [2.45, 2.75) is 32.4 Å². The maximum atomic E-state index is 9.47. The van der Waals surface area contributed by atoms with Crippen molar-refractivity contribution in [3.63, 3.8) is 0 Å². The first-order chi connectivity index (χ1) is 8.80. The number of hydrogen-bond acceptors (Lipinski definition) is 4. The number of aliphatic hydroxyl groups excluding tert-OH is 1. The van der Waals surface area contributed by atoms with Crippen LogP contribution < -0.4 is 10.6 Å². The molecule has 0 aromatic heterocycles. The Kier molecular flexibility index (Phi) is 6.46. The topological polar surface area (TPSA) is 50.8 Å². The molecule has 1 saturated heterocycles. The van der Waals surface area contributed by atoms with Gasteiger partial charge in [0.25, 0.3) is 0 Å². The van der Waals surface area contributed by atoms with E-state index in [1.807, 2.05) is 0 Å². The number of likely N-dealkylation sites (N-methyl/N-ethyl adjacent to an activating group) is 1. The van der Waals surface area contributed by atoms with Crippen molar-refractivity contribution in [2.24, 2.45) is 0 Å². The normalized spacial score (nSPS) is 20.1. The molecule has 6 heteroatoms. The van der Waals surface area contributed by atoms with Crippen molar-refractivity contribution in [1.29, 1.82) is 0 Å². The van der Waals surface area contributed by atoms with Crippen LogP contribution in [0.3, 0.4) is 0 Å². The smallest absolute Gasteiger partial charge is 0.167 e. The summed E-state index contributed by atoms with van der Waals surface area (Å²) in [6, 6.07) is -0.00856. The van der Waals surface area contributed by atoms with Gasteiger partial charge in [0.1, 0.15) is 0 Å². The second kappa shape index (κ2) is 7.38. The zero-order chi connectivity index (χ0) is 14.5. The Morgan fingerprint density at radius 3 is 2.32 bits per heavy atom. The maximum Gasteiger partial charge on any atom is 0.167 e. The van der Waals surface area contributed by atoms with Crippen LogP contribution >= 0.6 is 12.2 Å². The van der Waals surface area contributed by atoms with Crippen molar-refractivity contribution in [1.82, 2.24) is 20.4 Å². The van der Waals surface area contributed by atoms with Gasteiger partial charge in [0.05, 0.1) is 12.6 Å². The standard InChI is InChI=1S/C13H28N4OS/c1-13(2,3)15-12(19)14-11(10-18)9-17-7-5-16(4)6-8-17/h11,18H,5-10H2,1-4H3,(H2,14,15,19). The van der Waals surface area contributed by atoms with Gasteiger partial charge in [0.2, 0.25) is 0 Å². The fraction of sp³-hybridized carbons (Fsp3) is 0.923. The molecule has 5 nitrogen and oxygen atoms in total. The number of nitrogens with one attached hydrogen (secondary N) is 2. The van der Waals surface area contributed by atoms with Gasteiger partial charge in [-0.1, -0.05) is 0 Å². The number of piperazine rings is 1. The highest BCUT2D eigenvalue weighted by Crippen LogP contribution is 2.02. The quantitative estimate of drug-likeness (QED) is 0.626. The fourth-order valence-corrected chi connectivity index (χ4v) is 2.53. The second-order valence-electron chi connectivity index (χ2n) is 6.33. The van der Waals surface area contributed by atoms with Gasteiger partial charge in [0, 0.05) is 38.3 Å². The maximum absolute atomic E-state index is 9.47. The van der Waals surface area contributed by atoms with Gasteiger partial charge in [-0.25, -0.2) is 0 Å². The van der Waals surface area contributed by atoms with Crippen LogP contribution in [-0.4, -0.2) is 78.0 Å². The molecule has 19 heavy (non-hydrogen) atoms. The number of rotatable bonds is 4. The highest BCUT2D eigenvalue weighted by molar-refractivity contribution is 7.80. The molecule has 0 bridgehead atoms. The van der Waals surface area contributed by atoms with Gasteiger partial charge < -0.3 is 20.6 Å². The van der Waals surface area contributed by atoms with Gasteiger partial charge >= 0.3 is 0 Å². The molecule has 0 amide bonds. The number of aliphatic hydroxyl groups is 1. The van der Waals surface area contributed by atoms with Gasteiger partial charge in [-0.3, -0.25) is 4.90 Å². The molecule has 0 saturated carbocycles. The third kappa shape index (κ3) is 7.06. The molecule has 3 N–H and O–H groups in total. The fourth-order valence-electron chi connectivity index (χ4n) is 2.05. The molecule has 0 radical (unpaired) electrons. The summed E-state index contributed by atoms with van der Waals surface area (Å²) in [5, 5.41) is 16.5. The van der Waals surface area contributed by atoms with Crippen molar-refractivity contribution < 1.29 is 5.11 Å². The Bertz CT molecular complexity index is 285. The molecule has 0 aromatic carbocycles. The highest BCUT2D eigenvalue weighted by Gasteiger charge is 2.19. The Labute approximate surface area is 122 Å². The molecular formula is C13H28N4OS. The number of hydrogen-bond donors (Lipinski definition) is 3. The van der Waals surface area contributed by atoms with E-state index in [1.54, 1.807) is 0 Å². The Morgan fingerprint density at radius 2 is 1.84 bits per heavy atom. The summed E-state index contributed by atoms with van der Waals surface area (Å²) in [4.78, 5) is 4.69. The average Bonchev–Trinajstić information content (AvgIpc) is 2.28. The number of nitrogens with zero attached hydrogens (tertiary/aromatic N) is 2. The van der Waals surface area contributed by atoms with E-state index >= 15 is 0 Å². The summed E-state index contributed by atoms with van der Waals surface area (Å²) in [6.07, 6.45) is 0. The molecule has 1 fully saturated rings. The van der Waals surface area contributed by atoms with Crippen LogP contribution in [0.4, 0.5) is 0 Å². The molecule has 112 valence electrons. The van der Waals surface area contributed by atoms with Crippen LogP contribution in [0.5, 0.6) is 0 Å². The third-order valence-electron chi connectivity index (χ3n) is 3.12. The molecule has 0 aliphatic carbocycles. The first-order valence-electron chi connectivity index (χ1n) is 6.90. The SMILES string of the molecule is CN1CCN(CC(CO)NC(=S)NC(C)(C)C)CC1. The minimum atomic E-state index is -0.0576. The molecule has 1 heterocycles. The molecule has 1 unspecified atom stereocenters. The summed E-state index contributed by atoms with van der Waals surface area (Å²) < 4.78 is 0. The molecule has 1 rings (SSSR count). The summed E-state index contributed by atoms with van der Waals surface area (Å²) in [6.45, 7) is 11.4. The third-order valence-corrected chi connectivity index (χ3v) is 3.34. The minimum Gasteiger partial charge on any atom is -0.394 e. The van der Waals surface area contributed by atoms with Crippen molar-refractivity contribution >= 4 is 17.3 Å². The Hall–Kier alpha value is -0.430. The largest absolute Gasteiger partial charge is 0.394 e. The minimum absolute atomic E-state index is 0.00856. The van der Waals surface area contributed by atoms with E-state index in [0.717, 1.165) is 32.7 Å². The lowest BCUT2D eigenvalue weighted by Crippen LogP contribution is -2.55. The zero-order valence-corrected chi connectivity index (χ0v) is 13.4. The molecule has 1 aliphatic rings. The van der Waals surface area contributed by atoms with E-state index < -0.39 is 0 Å². The van der Waals surface area contributed by atoms with Crippen LogP contribution in [0.1, 0.15) is 20.8 Å². The van der Waals surface area contributed by atoms with Crippen molar-refractivity contribution in [3.8, 4) is 0 Å². The van der Waals surface area contributed by atoms with E-state index in [-0.39, 0.29) is 18.2 Å². The first kappa shape index (κ1) is 16.6. The number of thiocarbonyl (C=S) groups is 1. The van der Waals surface area contributed by atoms with E-state index in [1.165, 1.54) is 0 Å². The highest BCUT2D eigenvalue weighted by atomic mass is 32.1. The summed E-state index contributed by atoms with van der Waals surface area (Å²) >= 11 is 5.27. The van der Waals surface area contributed by atoms with E-state index in [4.69, 9.17) is 12.2 Å². The monoisotopic (exact) mass is 288 g/mol. The predicted octanol–water partition coefficient (Wildman–Crippen LogP) is -0.143. The van der Waals surface area contributed by atoms with Gasteiger partial charge in [-0.05, 0) is 40.0 Å². The average molecular weight is 288 g/mol. The van der Waals surface area contributed by atoms with Crippen LogP contribution in [0.15, 0.2) is 0 Å². The molecule has 0 spiro atoms. The van der Waals surface area contributed by atoms with E-state index in [2.05, 4.69) is 48.3 Å². The van der Waals surface area contributed by atoms with Crippen LogP contribution in [0.2, 0.25) is 0 Å². The lowest BCUT2D eigenvalue weighted by atomic mass is 10.1. The van der Waals surface area contributed by atoms with Crippen LogP contribution in [-0.2, 0) is 0 Å². The van der Waals surface area contributed by atoms with Gasteiger partial charge in [0.15, 0.2) is 5.11 Å². The van der Waals surface area contributed by atoms with E-state index in [9.17, 15) is 5.11 Å². The van der Waals surface area contributed by atoms with E-state index in [0.29, 0.717) is 5.11 Å². The Morgan fingerprint density at radius 1 is 1.26 bits per heavy atom.